The monoisotopic (exact) mass is 549 g/mol. The van der Waals surface area contributed by atoms with Crippen LogP contribution >= 0.6 is 0 Å². The number of nitrogens with one attached hydrogen (secondary N) is 1. The van der Waals surface area contributed by atoms with Crippen LogP contribution < -0.4 is 5.32 Å². The molecule has 5 nitrogen and oxygen atoms in total. The Bertz CT molecular complexity index is 938. The Balaban J connectivity index is 1.54. The minimum Gasteiger partial charge on any atom is -0.381 e. The van der Waals surface area contributed by atoms with Gasteiger partial charge in [-0.1, -0.05) is 0 Å². The summed E-state index contributed by atoms with van der Waals surface area (Å²) >= 11 is 0. The number of alkyl halides is 6. The molecule has 0 bridgehead atoms. The molecule has 1 saturated carbocycles. The molecule has 2 saturated heterocycles. The topological polar surface area (TPSA) is 44.8 Å². The van der Waals surface area contributed by atoms with Crippen LogP contribution in [0.1, 0.15) is 61.6 Å². The maximum atomic E-state index is 13.8. The van der Waals surface area contributed by atoms with Crippen LogP contribution in [0, 0.1) is 11.3 Å². The number of hydrogen-bond acceptors (Lipinski definition) is 4. The standard InChI is InChI=1S/C27H37F6N3O2/c1-35-9-4-19(5-10-35)25(8-3-23(16-25)36(2)22-6-11-38-12-7-22)24(37)34-17-18-13-20(26(28,29)30)15-21(14-18)27(31,32)33/h13-15,19,22-23H,3-12,16-17H2,1-2H3,(H,34,37). The summed E-state index contributed by atoms with van der Waals surface area (Å²) < 4.78 is 85.4. The van der Waals surface area contributed by atoms with Crippen molar-refractivity contribution in [2.45, 2.75) is 75.9 Å². The Hall–Kier alpha value is -1.85. The first-order valence-corrected chi connectivity index (χ1v) is 13.3. The van der Waals surface area contributed by atoms with Gasteiger partial charge in [0.05, 0.1) is 16.5 Å². The van der Waals surface area contributed by atoms with Gasteiger partial charge < -0.3 is 19.9 Å². The Morgan fingerprint density at radius 2 is 1.55 bits per heavy atom. The Morgan fingerprint density at radius 3 is 2.11 bits per heavy atom. The maximum absolute atomic E-state index is 13.8. The van der Waals surface area contributed by atoms with Crippen LogP contribution in [0.4, 0.5) is 26.3 Å². The molecule has 1 N–H and O–H groups in total. The van der Waals surface area contributed by atoms with Crippen LogP contribution in [0.2, 0.25) is 0 Å². The molecule has 0 aromatic heterocycles. The van der Waals surface area contributed by atoms with Crippen LogP contribution in [0.25, 0.3) is 0 Å². The molecular formula is C27H37F6N3O2. The zero-order valence-corrected chi connectivity index (χ0v) is 21.9. The largest absolute Gasteiger partial charge is 0.416 e. The van der Waals surface area contributed by atoms with Crippen molar-refractivity contribution in [3.05, 3.63) is 34.9 Å². The van der Waals surface area contributed by atoms with E-state index in [1.54, 1.807) is 0 Å². The van der Waals surface area contributed by atoms with E-state index in [1.807, 2.05) is 7.05 Å². The third kappa shape index (κ3) is 6.47. The van der Waals surface area contributed by atoms with Crippen LogP contribution in [0.15, 0.2) is 18.2 Å². The van der Waals surface area contributed by atoms with Gasteiger partial charge in [0.1, 0.15) is 0 Å². The van der Waals surface area contributed by atoms with E-state index < -0.39 is 28.9 Å². The number of nitrogens with zero attached hydrogens (tertiary/aromatic N) is 2. The fourth-order valence-electron chi connectivity index (χ4n) is 6.59. The Kier molecular flexibility index (Phi) is 8.69. The highest BCUT2D eigenvalue weighted by molar-refractivity contribution is 5.83. The number of halogens is 6. The van der Waals surface area contributed by atoms with E-state index in [4.69, 9.17) is 4.74 Å². The highest BCUT2D eigenvalue weighted by Crippen LogP contribution is 2.50. The molecule has 3 fully saturated rings. The lowest BCUT2D eigenvalue weighted by atomic mass is 9.68. The molecule has 214 valence electrons. The molecule has 2 heterocycles. The second-order valence-electron chi connectivity index (χ2n) is 11.2. The molecule has 38 heavy (non-hydrogen) atoms. The van der Waals surface area contributed by atoms with Crippen LogP contribution in [0.3, 0.4) is 0 Å². The van der Waals surface area contributed by atoms with Crippen LogP contribution in [-0.4, -0.2) is 68.2 Å². The Morgan fingerprint density at radius 1 is 0.974 bits per heavy atom. The quantitative estimate of drug-likeness (QED) is 0.488. The van der Waals surface area contributed by atoms with E-state index in [-0.39, 0.29) is 36.0 Å². The van der Waals surface area contributed by atoms with E-state index in [0.29, 0.717) is 44.2 Å². The van der Waals surface area contributed by atoms with Crippen molar-refractivity contribution >= 4 is 5.91 Å². The number of likely N-dealkylation sites (tertiary alicyclic amines) is 1. The lowest BCUT2D eigenvalue weighted by molar-refractivity contribution is -0.143. The van der Waals surface area contributed by atoms with Crippen molar-refractivity contribution in [2.75, 3.05) is 40.4 Å². The van der Waals surface area contributed by atoms with Crippen molar-refractivity contribution in [3.8, 4) is 0 Å². The lowest BCUT2D eigenvalue weighted by Crippen LogP contribution is -2.49. The molecule has 2 aliphatic heterocycles. The summed E-state index contributed by atoms with van der Waals surface area (Å²) in [7, 11) is 4.12. The van der Waals surface area contributed by atoms with E-state index in [0.717, 1.165) is 45.2 Å². The molecule has 11 heteroatoms. The molecule has 2 atom stereocenters. The molecular weight excluding hydrogens is 512 g/mol. The molecule has 2 unspecified atom stereocenters. The van der Waals surface area contributed by atoms with Crippen molar-refractivity contribution in [3.63, 3.8) is 0 Å². The van der Waals surface area contributed by atoms with Gasteiger partial charge in [0.2, 0.25) is 5.91 Å². The molecule has 1 amide bonds. The second kappa shape index (κ2) is 11.3. The van der Waals surface area contributed by atoms with Gasteiger partial charge in [-0.3, -0.25) is 4.79 Å². The van der Waals surface area contributed by atoms with E-state index >= 15 is 0 Å². The summed E-state index contributed by atoms with van der Waals surface area (Å²) in [5.74, 6) is -0.153. The predicted octanol–water partition coefficient (Wildman–Crippen LogP) is 5.33. The van der Waals surface area contributed by atoms with Crippen molar-refractivity contribution < 1.29 is 35.9 Å². The normalized spacial score (nSPS) is 26.7. The first kappa shape index (κ1) is 29.1. The van der Waals surface area contributed by atoms with Gasteiger partial charge in [-0.2, -0.15) is 26.3 Å². The molecule has 1 aliphatic carbocycles. The minimum absolute atomic E-state index is 0.110. The summed E-state index contributed by atoms with van der Waals surface area (Å²) in [5.41, 5.74) is -3.66. The molecule has 0 radical (unpaired) electrons. The number of hydrogen-bond donors (Lipinski definition) is 1. The number of benzene rings is 1. The van der Waals surface area contributed by atoms with Gasteiger partial charge in [0, 0.05) is 31.8 Å². The molecule has 4 rings (SSSR count). The van der Waals surface area contributed by atoms with Gasteiger partial charge in [-0.05, 0) is 102 Å². The molecule has 0 spiro atoms. The third-order valence-electron chi connectivity index (χ3n) is 8.92. The van der Waals surface area contributed by atoms with E-state index in [1.165, 1.54) is 0 Å². The van der Waals surface area contributed by atoms with Gasteiger partial charge in [0.25, 0.3) is 0 Å². The molecule has 1 aromatic rings. The average Bonchev–Trinajstić information content (AvgIpc) is 3.33. The zero-order valence-electron chi connectivity index (χ0n) is 21.9. The number of piperidine rings is 1. The van der Waals surface area contributed by atoms with Crippen molar-refractivity contribution in [2.24, 2.45) is 11.3 Å². The average molecular weight is 550 g/mol. The number of carbonyl (C=O) groups is 1. The number of amides is 1. The summed E-state index contributed by atoms with van der Waals surface area (Å²) in [6.45, 7) is 2.73. The van der Waals surface area contributed by atoms with Crippen molar-refractivity contribution in [1.29, 1.82) is 0 Å². The number of rotatable bonds is 6. The maximum Gasteiger partial charge on any atom is 0.416 e. The van der Waals surface area contributed by atoms with E-state index in [9.17, 15) is 31.1 Å². The molecule has 3 aliphatic rings. The van der Waals surface area contributed by atoms with Crippen molar-refractivity contribution in [1.82, 2.24) is 15.1 Å². The summed E-state index contributed by atoms with van der Waals surface area (Å²) in [4.78, 5) is 18.4. The van der Waals surface area contributed by atoms with Gasteiger partial charge >= 0.3 is 12.4 Å². The second-order valence-corrected chi connectivity index (χ2v) is 11.2. The van der Waals surface area contributed by atoms with Crippen LogP contribution in [-0.2, 0) is 28.4 Å². The fourth-order valence-corrected chi connectivity index (χ4v) is 6.59. The number of ether oxygens (including phenoxy) is 1. The third-order valence-corrected chi connectivity index (χ3v) is 8.92. The SMILES string of the molecule is CN1CCC(C2(C(=O)NCc3cc(C(F)(F)F)cc(C(F)(F)F)c3)CCC(N(C)C3CCOCC3)C2)CC1. The van der Waals surface area contributed by atoms with E-state index in [2.05, 4.69) is 22.2 Å². The lowest BCUT2D eigenvalue weighted by Gasteiger charge is -2.42. The zero-order chi connectivity index (χ0) is 27.7. The highest BCUT2D eigenvalue weighted by atomic mass is 19.4. The first-order valence-electron chi connectivity index (χ1n) is 13.3. The fraction of sp³-hybridized carbons (Fsp3) is 0.741. The van der Waals surface area contributed by atoms with Gasteiger partial charge in [-0.25, -0.2) is 0 Å². The summed E-state index contributed by atoms with van der Waals surface area (Å²) in [6, 6.07) is 2.05. The smallest absolute Gasteiger partial charge is 0.381 e. The van der Waals surface area contributed by atoms with Gasteiger partial charge in [-0.15, -0.1) is 0 Å². The summed E-state index contributed by atoms with van der Waals surface area (Å²) in [6.07, 6.45) is -4.21. The number of carbonyl (C=O) groups excluding carboxylic acids is 1. The van der Waals surface area contributed by atoms with Gasteiger partial charge in [0.15, 0.2) is 0 Å². The highest BCUT2D eigenvalue weighted by Gasteiger charge is 2.52. The molecule has 1 aromatic carbocycles. The predicted molar refractivity (Wildman–Crippen MR) is 130 cm³/mol. The summed E-state index contributed by atoms with van der Waals surface area (Å²) in [5, 5.41) is 2.76. The Labute approximate surface area is 219 Å². The first-order chi connectivity index (χ1) is 17.8. The minimum atomic E-state index is -4.93. The van der Waals surface area contributed by atoms with Crippen LogP contribution in [0.5, 0.6) is 0 Å².